The Morgan fingerprint density at radius 1 is 0.968 bits per heavy atom. The van der Waals surface area contributed by atoms with Crippen LogP contribution in [-0.2, 0) is 16.1 Å². The number of imide groups is 1. The van der Waals surface area contributed by atoms with Gasteiger partial charge in [0, 0.05) is 5.56 Å². The molecule has 0 aliphatic carbocycles. The Morgan fingerprint density at radius 2 is 1.68 bits per heavy atom. The van der Waals surface area contributed by atoms with Crippen molar-refractivity contribution in [2.24, 2.45) is 0 Å². The van der Waals surface area contributed by atoms with Gasteiger partial charge in [0.05, 0.1) is 12.1 Å². The first-order valence-electron chi connectivity index (χ1n) is 11.0. The van der Waals surface area contributed by atoms with Crippen LogP contribution in [0.15, 0.2) is 36.4 Å². The van der Waals surface area contributed by atoms with Crippen molar-refractivity contribution in [2.45, 2.75) is 32.9 Å². The molecule has 162 valence electrons. The van der Waals surface area contributed by atoms with Gasteiger partial charge in [-0.1, -0.05) is 18.2 Å². The number of nitrogens with one attached hydrogen (secondary N) is 2. The first-order valence-corrected chi connectivity index (χ1v) is 11.0. The summed E-state index contributed by atoms with van der Waals surface area (Å²) < 4.78 is 10.9. The van der Waals surface area contributed by atoms with Crippen molar-refractivity contribution < 1.29 is 28.9 Å². The first-order chi connectivity index (χ1) is 15.0. The molecule has 1 atom stereocenters. The van der Waals surface area contributed by atoms with E-state index in [4.69, 9.17) is 9.47 Å². The molecule has 0 unspecified atom stereocenters. The van der Waals surface area contributed by atoms with E-state index in [-0.39, 0.29) is 17.9 Å². The largest absolute Gasteiger partial charge is 0.454 e. The number of anilines is 1. The first kappa shape index (κ1) is 20.0. The fraction of sp³-hybridized carbons (Fsp3) is 0.417. The molecule has 0 saturated carbocycles. The predicted molar refractivity (Wildman–Crippen MR) is 114 cm³/mol. The molecule has 3 heterocycles. The van der Waals surface area contributed by atoms with Crippen LogP contribution in [-0.4, -0.2) is 50.8 Å². The highest BCUT2D eigenvalue weighted by atomic mass is 16.7. The number of para-hydroxylation sites is 1. The highest BCUT2D eigenvalue weighted by molar-refractivity contribution is 6.22. The minimum atomic E-state index is -0.265. The molecule has 0 aromatic heterocycles. The molecular formula is C24H29N3O4+2. The Kier molecular flexibility index (Phi) is 5.16. The molecule has 3 aliphatic heterocycles. The number of fused-ring (bicyclic) bond motifs is 1. The number of carbonyl (C=O) groups excluding carboxylic acids is 2. The van der Waals surface area contributed by atoms with Crippen LogP contribution in [0.5, 0.6) is 11.5 Å². The second-order valence-electron chi connectivity index (χ2n) is 8.84. The zero-order valence-corrected chi connectivity index (χ0v) is 18.1. The van der Waals surface area contributed by atoms with Crippen LogP contribution < -0.4 is 24.2 Å². The molecule has 2 amide bonds. The Labute approximate surface area is 182 Å². The van der Waals surface area contributed by atoms with E-state index >= 15 is 0 Å². The normalized spacial score (nSPS) is 25.4. The van der Waals surface area contributed by atoms with E-state index in [1.54, 1.807) is 0 Å². The van der Waals surface area contributed by atoms with Gasteiger partial charge in [0.2, 0.25) is 12.7 Å². The fourth-order valence-electron chi connectivity index (χ4n) is 5.13. The van der Waals surface area contributed by atoms with Gasteiger partial charge in [-0.15, -0.1) is 0 Å². The highest BCUT2D eigenvalue weighted by Gasteiger charge is 2.47. The number of hydrogen-bond donors (Lipinski definition) is 2. The number of hydrogen-bond acceptors (Lipinski definition) is 4. The minimum absolute atomic E-state index is 0.0448. The van der Waals surface area contributed by atoms with Crippen molar-refractivity contribution in [1.29, 1.82) is 0 Å². The summed E-state index contributed by atoms with van der Waals surface area (Å²) in [5.41, 5.74) is 3.94. The van der Waals surface area contributed by atoms with Gasteiger partial charge in [-0.3, -0.25) is 9.59 Å². The summed E-state index contributed by atoms with van der Waals surface area (Å²) in [4.78, 5) is 30.2. The maximum Gasteiger partial charge on any atom is 0.292 e. The minimum Gasteiger partial charge on any atom is -0.454 e. The number of rotatable bonds is 4. The zero-order chi connectivity index (χ0) is 21.5. The molecule has 5 rings (SSSR count). The summed E-state index contributed by atoms with van der Waals surface area (Å²) in [6, 6.07) is 11.8. The predicted octanol–water partition coefficient (Wildman–Crippen LogP) is -0.352. The Bertz CT molecular complexity index is 1010. The Hall–Kier alpha value is -2.90. The van der Waals surface area contributed by atoms with E-state index in [0.29, 0.717) is 13.2 Å². The second kappa shape index (κ2) is 7.98. The maximum absolute atomic E-state index is 13.3. The van der Waals surface area contributed by atoms with Gasteiger partial charge in [-0.2, -0.15) is 0 Å². The van der Waals surface area contributed by atoms with Gasteiger partial charge in [-0.05, 0) is 43.2 Å². The van der Waals surface area contributed by atoms with Crippen LogP contribution in [0.2, 0.25) is 0 Å². The van der Waals surface area contributed by atoms with E-state index < -0.39 is 0 Å². The third-order valence-electron chi connectivity index (χ3n) is 6.79. The Morgan fingerprint density at radius 3 is 2.42 bits per heavy atom. The van der Waals surface area contributed by atoms with E-state index in [1.807, 2.05) is 38.1 Å². The third kappa shape index (κ3) is 3.68. The van der Waals surface area contributed by atoms with Gasteiger partial charge in [0.25, 0.3) is 5.91 Å². The van der Waals surface area contributed by atoms with Gasteiger partial charge < -0.3 is 19.3 Å². The molecule has 2 aromatic carbocycles. The van der Waals surface area contributed by atoms with Crippen molar-refractivity contribution in [3.8, 4) is 11.5 Å². The summed E-state index contributed by atoms with van der Waals surface area (Å²) in [5.74, 6) is 1.51. The topological polar surface area (TPSA) is 64.7 Å². The molecule has 7 nitrogen and oxygen atoms in total. The lowest BCUT2D eigenvalue weighted by Crippen LogP contribution is -3.29. The molecule has 2 aromatic rings. The number of quaternary nitrogens is 2. The molecule has 7 heteroatoms. The summed E-state index contributed by atoms with van der Waals surface area (Å²) in [7, 11) is 0. The zero-order valence-electron chi connectivity index (χ0n) is 18.1. The van der Waals surface area contributed by atoms with Crippen LogP contribution in [0.3, 0.4) is 0 Å². The maximum atomic E-state index is 13.3. The van der Waals surface area contributed by atoms with Gasteiger partial charge in [0.15, 0.2) is 17.5 Å². The molecule has 0 radical (unpaired) electrons. The van der Waals surface area contributed by atoms with Gasteiger partial charge in [0.1, 0.15) is 32.7 Å². The monoisotopic (exact) mass is 423 g/mol. The van der Waals surface area contributed by atoms with Crippen molar-refractivity contribution in [3.63, 3.8) is 0 Å². The highest BCUT2D eigenvalue weighted by Crippen LogP contribution is 2.32. The number of benzene rings is 2. The molecule has 0 bridgehead atoms. The average Bonchev–Trinajstić information content (AvgIpc) is 3.33. The lowest BCUT2D eigenvalue weighted by Gasteiger charge is -2.32. The van der Waals surface area contributed by atoms with Crippen molar-refractivity contribution >= 4 is 17.5 Å². The molecule has 3 aliphatic rings. The van der Waals surface area contributed by atoms with Crippen molar-refractivity contribution in [3.05, 3.63) is 53.1 Å². The van der Waals surface area contributed by atoms with Crippen molar-refractivity contribution in [1.82, 2.24) is 0 Å². The molecule has 2 N–H and O–H groups in total. The van der Waals surface area contributed by atoms with Crippen molar-refractivity contribution in [2.75, 3.05) is 37.9 Å². The number of nitrogens with zero attached hydrogens (tertiary/aromatic N) is 1. The SMILES string of the molecule is Cc1cccc(C)c1N1C(=O)C[C@@H]([NH+]2CC[NH+](Cc3ccc4c(c3)OCO4)CC2)C1=O. The smallest absolute Gasteiger partial charge is 0.292 e. The summed E-state index contributed by atoms with van der Waals surface area (Å²) in [5, 5.41) is 0. The van der Waals surface area contributed by atoms with Gasteiger partial charge >= 0.3 is 0 Å². The number of amides is 2. The average molecular weight is 424 g/mol. The van der Waals surface area contributed by atoms with Crippen LogP contribution in [0.25, 0.3) is 0 Å². The number of carbonyl (C=O) groups is 2. The van der Waals surface area contributed by atoms with Crippen LogP contribution in [0, 0.1) is 13.8 Å². The van der Waals surface area contributed by atoms with E-state index in [1.165, 1.54) is 20.3 Å². The molecule has 2 fully saturated rings. The molecule has 0 spiro atoms. The van der Waals surface area contributed by atoms with E-state index in [0.717, 1.165) is 61.0 Å². The Balaban J connectivity index is 1.23. The van der Waals surface area contributed by atoms with E-state index in [9.17, 15) is 9.59 Å². The van der Waals surface area contributed by atoms with Crippen LogP contribution >= 0.6 is 0 Å². The lowest BCUT2D eigenvalue weighted by molar-refractivity contribution is -1.02. The summed E-state index contributed by atoms with van der Waals surface area (Å²) >= 11 is 0. The lowest BCUT2D eigenvalue weighted by atomic mass is 10.1. The standard InChI is InChI=1S/C24H27N3O4/c1-16-4-3-5-17(2)23(16)27-22(28)13-19(24(27)29)26-10-8-25(9-11-26)14-18-6-7-20-21(12-18)31-15-30-20/h3-7,12,19H,8-11,13-15H2,1-2H3/p+2/t19-/m1/s1. The number of piperazine rings is 1. The van der Waals surface area contributed by atoms with E-state index in [2.05, 4.69) is 12.1 Å². The van der Waals surface area contributed by atoms with Crippen LogP contribution in [0.4, 0.5) is 5.69 Å². The number of aryl methyl sites for hydroxylation is 2. The molecular weight excluding hydrogens is 394 g/mol. The number of ether oxygens (including phenoxy) is 2. The third-order valence-corrected chi connectivity index (χ3v) is 6.79. The summed E-state index contributed by atoms with van der Waals surface area (Å²) in [6.07, 6.45) is 0.305. The van der Waals surface area contributed by atoms with Crippen LogP contribution in [0.1, 0.15) is 23.1 Å². The molecule has 2 saturated heterocycles. The molecule has 31 heavy (non-hydrogen) atoms. The quantitative estimate of drug-likeness (QED) is 0.660. The fourth-order valence-corrected chi connectivity index (χ4v) is 5.13. The summed E-state index contributed by atoms with van der Waals surface area (Å²) in [6.45, 7) is 8.88. The second-order valence-corrected chi connectivity index (χ2v) is 8.84. The van der Waals surface area contributed by atoms with Gasteiger partial charge in [-0.25, -0.2) is 4.90 Å².